The molecule has 0 amide bonds. The van der Waals surface area contributed by atoms with Gasteiger partial charge in [-0.25, -0.2) is 5.26 Å². The van der Waals surface area contributed by atoms with E-state index in [1.165, 1.54) is 12.8 Å². The Labute approximate surface area is 165 Å². The number of fused-ring (bicyclic) bond motifs is 2. The van der Waals surface area contributed by atoms with Crippen LogP contribution in [-0.2, 0) is 20.2 Å². The quantitative estimate of drug-likeness (QED) is 0.212. The van der Waals surface area contributed by atoms with Crippen molar-refractivity contribution in [2.75, 3.05) is 0 Å². The molecule has 2 aromatic carbocycles. The van der Waals surface area contributed by atoms with Gasteiger partial charge in [-0.15, -0.1) is 0 Å². The molecular formula is C23H26O5. The van der Waals surface area contributed by atoms with Crippen molar-refractivity contribution in [2.45, 2.75) is 57.7 Å². The maximum Gasteiger partial charge on any atom is 0.308 e. The summed E-state index contributed by atoms with van der Waals surface area (Å²) in [5.41, 5.74) is 1.36. The Morgan fingerprint density at radius 1 is 0.893 bits per heavy atom. The molecule has 0 fully saturated rings. The lowest BCUT2D eigenvalue weighted by Gasteiger charge is -2.36. The number of esters is 1. The number of carbonyl (C=O) groups is 2. The van der Waals surface area contributed by atoms with Crippen LogP contribution >= 0.6 is 0 Å². The van der Waals surface area contributed by atoms with E-state index in [0.717, 1.165) is 19.3 Å². The molecule has 1 aliphatic carbocycles. The van der Waals surface area contributed by atoms with E-state index in [0.29, 0.717) is 28.7 Å². The summed E-state index contributed by atoms with van der Waals surface area (Å²) in [6.45, 7) is 2.16. The summed E-state index contributed by atoms with van der Waals surface area (Å²) in [5, 5.41) is 9.85. The smallest absolute Gasteiger partial charge is 0.308 e. The number of rotatable bonds is 9. The highest BCUT2D eigenvalue weighted by Crippen LogP contribution is 2.43. The maximum absolute atomic E-state index is 12.8. The van der Waals surface area contributed by atoms with Crippen molar-refractivity contribution in [3.8, 4) is 0 Å². The van der Waals surface area contributed by atoms with Gasteiger partial charge in [0.2, 0.25) is 0 Å². The van der Waals surface area contributed by atoms with Crippen LogP contribution in [0.15, 0.2) is 48.5 Å². The Morgan fingerprint density at radius 3 is 2.00 bits per heavy atom. The number of hydrogen-bond donors (Lipinski definition) is 1. The van der Waals surface area contributed by atoms with E-state index >= 15 is 0 Å². The minimum absolute atomic E-state index is 0.189. The molecular weight excluding hydrogens is 356 g/mol. The van der Waals surface area contributed by atoms with Crippen LogP contribution in [0, 0.1) is 0 Å². The standard InChI is InChI=1S/C23H26O5/c1-2-3-4-5-6-7-16-21(24)27-23(28-26)19-14-10-8-12-17(19)22(25)18-13-9-11-15-20(18)23/h8-15,26H,2-7,16H2,1H3. The van der Waals surface area contributed by atoms with Gasteiger partial charge in [0.1, 0.15) is 0 Å². The number of unbranched alkanes of at least 4 members (excludes halogenated alkanes) is 5. The van der Waals surface area contributed by atoms with Crippen LogP contribution in [0.4, 0.5) is 0 Å². The fourth-order valence-electron chi connectivity index (χ4n) is 3.71. The highest BCUT2D eigenvalue weighted by atomic mass is 17.1. The van der Waals surface area contributed by atoms with E-state index in [1.807, 2.05) is 0 Å². The molecule has 1 N–H and O–H groups in total. The van der Waals surface area contributed by atoms with Gasteiger partial charge >= 0.3 is 5.97 Å². The molecule has 0 heterocycles. The first-order chi connectivity index (χ1) is 13.6. The van der Waals surface area contributed by atoms with Crippen molar-refractivity contribution in [3.05, 3.63) is 70.8 Å². The van der Waals surface area contributed by atoms with Crippen LogP contribution in [0.25, 0.3) is 0 Å². The van der Waals surface area contributed by atoms with E-state index in [9.17, 15) is 14.8 Å². The molecule has 0 spiro atoms. The summed E-state index contributed by atoms with van der Waals surface area (Å²) in [6, 6.07) is 13.4. The van der Waals surface area contributed by atoms with Gasteiger partial charge in [-0.2, -0.15) is 4.89 Å². The first-order valence-electron chi connectivity index (χ1n) is 9.92. The number of ether oxygens (including phenoxy) is 1. The predicted molar refractivity (Wildman–Crippen MR) is 105 cm³/mol. The molecule has 28 heavy (non-hydrogen) atoms. The van der Waals surface area contributed by atoms with Crippen LogP contribution in [0.5, 0.6) is 0 Å². The highest BCUT2D eigenvalue weighted by molar-refractivity contribution is 6.13. The molecule has 0 aliphatic heterocycles. The van der Waals surface area contributed by atoms with Crippen molar-refractivity contribution in [1.82, 2.24) is 0 Å². The van der Waals surface area contributed by atoms with Gasteiger partial charge in [0.15, 0.2) is 5.78 Å². The Bertz CT molecular complexity index is 793. The number of carbonyl (C=O) groups excluding carboxylic acids is 2. The van der Waals surface area contributed by atoms with Crippen LogP contribution < -0.4 is 0 Å². The molecule has 3 rings (SSSR count). The fourth-order valence-corrected chi connectivity index (χ4v) is 3.71. The molecule has 148 valence electrons. The Kier molecular flexibility index (Phi) is 6.60. The zero-order chi connectivity index (χ0) is 20.0. The second-order valence-corrected chi connectivity index (χ2v) is 7.12. The summed E-state index contributed by atoms with van der Waals surface area (Å²) in [5.74, 6) is -2.49. The van der Waals surface area contributed by atoms with Gasteiger partial charge in [-0.1, -0.05) is 87.6 Å². The molecule has 5 nitrogen and oxygen atoms in total. The molecule has 2 aromatic rings. The minimum atomic E-state index is -1.83. The average Bonchev–Trinajstić information content (AvgIpc) is 2.73. The van der Waals surface area contributed by atoms with Crippen molar-refractivity contribution in [1.29, 1.82) is 0 Å². The summed E-state index contributed by atoms with van der Waals surface area (Å²) in [4.78, 5) is 30.2. The molecule has 0 atom stereocenters. The summed E-state index contributed by atoms with van der Waals surface area (Å²) in [6.07, 6.45) is 6.53. The van der Waals surface area contributed by atoms with Crippen LogP contribution in [0.2, 0.25) is 0 Å². The third kappa shape index (κ3) is 3.86. The SMILES string of the molecule is CCCCCCCCC(=O)OC1(OO)c2ccccc2C(=O)c2ccccc21. The van der Waals surface area contributed by atoms with Gasteiger partial charge < -0.3 is 4.74 Å². The number of ketones is 1. The number of hydrogen-bond acceptors (Lipinski definition) is 5. The lowest BCUT2D eigenvalue weighted by Crippen LogP contribution is -2.41. The van der Waals surface area contributed by atoms with E-state index in [2.05, 4.69) is 6.92 Å². The molecule has 0 saturated heterocycles. The van der Waals surface area contributed by atoms with E-state index in [4.69, 9.17) is 9.62 Å². The minimum Gasteiger partial charge on any atom is -0.421 e. The van der Waals surface area contributed by atoms with Crippen molar-refractivity contribution in [3.63, 3.8) is 0 Å². The fraction of sp³-hybridized carbons (Fsp3) is 0.391. The first kappa shape index (κ1) is 20.2. The monoisotopic (exact) mass is 382 g/mol. The number of benzene rings is 2. The van der Waals surface area contributed by atoms with Crippen LogP contribution in [0.3, 0.4) is 0 Å². The Balaban J connectivity index is 1.83. The van der Waals surface area contributed by atoms with Gasteiger partial charge in [-0.05, 0) is 6.42 Å². The van der Waals surface area contributed by atoms with E-state index < -0.39 is 11.8 Å². The second kappa shape index (κ2) is 9.13. The molecule has 0 unspecified atom stereocenters. The molecule has 0 saturated carbocycles. The zero-order valence-electron chi connectivity index (χ0n) is 16.1. The van der Waals surface area contributed by atoms with Crippen molar-refractivity contribution >= 4 is 11.8 Å². The third-order valence-corrected chi connectivity index (χ3v) is 5.17. The molecule has 0 radical (unpaired) electrons. The van der Waals surface area contributed by atoms with Crippen LogP contribution in [-0.4, -0.2) is 17.0 Å². The van der Waals surface area contributed by atoms with Gasteiger partial charge in [0, 0.05) is 28.7 Å². The highest BCUT2D eigenvalue weighted by Gasteiger charge is 2.48. The Morgan fingerprint density at radius 2 is 1.43 bits per heavy atom. The second-order valence-electron chi connectivity index (χ2n) is 7.12. The molecule has 1 aliphatic rings. The normalized spacial score (nSPS) is 14.3. The van der Waals surface area contributed by atoms with Gasteiger partial charge in [0.05, 0.1) is 0 Å². The van der Waals surface area contributed by atoms with Gasteiger partial charge in [0.25, 0.3) is 5.79 Å². The maximum atomic E-state index is 12.8. The first-order valence-corrected chi connectivity index (χ1v) is 9.92. The molecule has 0 aromatic heterocycles. The average molecular weight is 382 g/mol. The summed E-state index contributed by atoms with van der Waals surface area (Å²) < 4.78 is 5.69. The van der Waals surface area contributed by atoms with E-state index in [1.54, 1.807) is 48.5 Å². The Hall–Kier alpha value is -2.50. The molecule has 5 heteroatoms. The van der Waals surface area contributed by atoms with E-state index in [-0.39, 0.29) is 12.2 Å². The molecule has 0 bridgehead atoms. The third-order valence-electron chi connectivity index (χ3n) is 5.17. The zero-order valence-corrected chi connectivity index (χ0v) is 16.1. The van der Waals surface area contributed by atoms with Crippen molar-refractivity contribution in [2.24, 2.45) is 0 Å². The summed E-state index contributed by atoms with van der Waals surface area (Å²) >= 11 is 0. The topological polar surface area (TPSA) is 72.8 Å². The largest absolute Gasteiger partial charge is 0.421 e. The lowest BCUT2D eigenvalue weighted by molar-refractivity contribution is -0.384. The predicted octanol–water partition coefficient (Wildman–Crippen LogP) is 5.22. The summed E-state index contributed by atoms with van der Waals surface area (Å²) in [7, 11) is 0. The van der Waals surface area contributed by atoms with Gasteiger partial charge in [-0.3, -0.25) is 9.59 Å². The lowest BCUT2D eigenvalue weighted by atomic mass is 9.80. The van der Waals surface area contributed by atoms with Crippen molar-refractivity contribution < 1.29 is 24.5 Å². The van der Waals surface area contributed by atoms with Crippen LogP contribution in [0.1, 0.15) is 78.9 Å².